The minimum atomic E-state index is -1.56. The highest BCUT2D eigenvalue weighted by molar-refractivity contribution is 5.95. The fraction of sp³-hybridized carbons (Fsp3) is 0.458. The molecule has 0 aliphatic rings. The number of amides is 4. The normalized spacial score (nSPS) is 14.2. The number of unbranched alkanes of at least 4 members (excludes halogenated alkanes) is 1. The Bertz CT molecular complexity index is 1140. The van der Waals surface area contributed by atoms with Gasteiger partial charge in [-0.05, 0) is 37.4 Å². The maximum absolute atomic E-state index is 13.4. The molecule has 12 N–H and O–H groups in total. The van der Waals surface area contributed by atoms with Crippen LogP contribution in [-0.2, 0) is 30.4 Å². The fourth-order valence-corrected chi connectivity index (χ4v) is 3.81. The van der Waals surface area contributed by atoms with Crippen molar-refractivity contribution in [1.82, 2.24) is 20.9 Å². The number of nitrogens with one attached hydrogen (secondary N) is 4. The van der Waals surface area contributed by atoms with Crippen LogP contribution in [0.1, 0.15) is 31.2 Å². The van der Waals surface area contributed by atoms with Crippen molar-refractivity contribution < 1.29 is 34.2 Å². The van der Waals surface area contributed by atoms with Crippen molar-refractivity contribution >= 4 is 40.5 Å². The van der Waals surface area contributed by atoms with Gasteiger partial charge in [-0.15, -0.1) is 0 Å². The summed E-state index contributed by atoms with van der Waals surface area (Å²) in [5.41, 5.74) is 17.9. The van der Waals surface area contributed by atoms with E-state index in [0.717, 1.165) is 10.9 Å². The Kier molecular flexibility index (Phi) is 11.7. The number of rotatable bonds is 16. The standard InChI is InChI=1S/C24H35N7O7/c25-8-4-3-7-17(22(35)31-19(12-32)24(37)38)29-23(36)18(30-21(34)15(26)10-20(27)33)9-13-11-28-16-6-2-1-5-14(13)16/h1-2,5-6,11,15,17-19,28,32H,3-4,7-10,12,25-26H2,(H2,27,33)(H,29,36)(H,30,34)(H,31,35)(H,37,38). The number of carbonyl (C=O) groups excluding carboxylic acids is 4. The Morgan fingerprint density at radius 1 is 0.921 bits per heavy atom. The van der Waals surface area contributed by atoms with Gasteiger partial charge in [0.05, 0.1) is 19.1 Å². The van der Waals surface area contributed by atoms with Crippen LogP contribution in [0, 0.1) is 0 Å². The summed E-state index contributed by atoms with van der Waals surface area (Å²) in [7, 11) is 0. The lowest BCUT2D eigenvalue weighted by atomic mass is 10.0. The number of H-pyrrole nitrogens is 1. The van der Waals surface area contributed by atoms with Crippen molar-refractivity contribution in [3.05, 3.63) is 36.0 Å². The highest BCUT2D eigenvalue weighted by Crippen LogP contribution is 2.19. The van der Waals surface area contributed by atoms with E-state index in [1.165, 1.54) is 0 Å². The molecule has 208 valence electrons. The van der Waals surface area contributed by atoms with Gasteiger partial charge >= 0.3 is 5.97 Å². The molecule has 14 nitrogen and oxygen atoms in total. The molecule has 1 heterocycles. The van der Waals surface area contributed by atoms with Gasteiger partial charge in [-0.1, -0.05) is 18.2 Å². The number of primary amides is 1. The zero-order valence-corrected chi connectivity index (χ0v) is 20.8. The molecule has 2 aromatic rings. The van der Waals surface area contributed by atoms with Gasteiger partial charge in [-0.25, -0.2) is 4.79 Å². The van der Waals surface area contributed by atoms with E-state index in [1.54, 1.807) is 6.20 Å². The molecule has 1 aromatic carbocycles. The van der Waals surface area contributed by atoms with Crippen molar-refractivity contribution in [2.24, 2.45) is 17.2 Å². The number of hydrogen-bond donors (Lipinski definition) is 9. The van der Waals surface area contributed by atoms with E-state index in [2.05, 4.69) is 20.9 Å². The summed E-state index contributed by atoms with van der Waals surface area (Å²) in [6.45, 7) is -0.505. The maximum Gasteiger partial charge on any atom is 0.328 e. The first-order chi connectivity index (χ1) is 18.1. The molecule has 0 saturated carbocycles. The zero-order valence-electron chi connectivity index (χ0n) is 20.8. The Balaban J connectivity index is 2.29. The van der Waals surface area contributed by atoms with Gasteiger partial charge in [0.2, 0.25) is 23.6 Å². The van der Waals surface area contributed by atoms with Crippen molar-refractivity contribution in [1.29, 1.82) is 0 Å². The number of benzene rings is 1. The number of hydrogen-bond acceptors (Lipinski definition) is 8. The Morgan fingerprint density at radius 3 is 2.18 bits per heavy atom. The average molecular weight is 534 g/mol. The minimum absolute atomic E-state index is 0.0103. The minimum Gasteiger partial charge on any atom is -0.480 e. The fourth-order valence-electron chi connectivity index (χ4n) is 3.81. The summed E-state index contributed by atoms with van der Waals surface area (Å²) in [6, 6.07) is 2.07. The van der Waals surface area contributed by atoms with Gasteiger partial charge in [0, 0.05) is 23.5 Å². The lowest BCUT2D eigenvalue weighted by Gasteiger charge is -2.25. The Labute approximate surface area is 218 Å². The number of nitrogens with two attached hydrogens (primary N) is 3. The SMILES string of the molecule is NCCCCC(NC(=O)C(Cc1c[nH]c2ccccc12)NC(=O)C(N)CC(N)=O)C(=O)NC(CO)C(=O)O. The van der Waals surface area contributed by atoms with Gasteiger partial charge in [0.25, 0.3) is 0 Å². The Hall–Kier alpha value is -4.01. The van der Waals surface area contributed by atoms with E-state index in [9.17, 15) is 29.1 Å². The summed E-state index contributed by atoms with van der Waals surface area (Å²) in [5.74, 6) is -4.59. The van der Waals surface area contributed by atoms with E-state index in [-0.39, 0.29) is 12.8 Å². The summed E-state index contributed by atoms with van der Waals surface area (Å²) < 4.78 is 0. The Morgan fingerprint density at radius 2 is 1.55 bits per heavy atom. The lowest BCUT2D eigenvalue weighted by molar-refractivity contribution is -0.143. The molecule has 4 atom stereocenters. The first-order valence-corrected chi connectivity index (χ1v) is 12.1. The van der Waals surface area contributed by atoms with Crippen LogP contribution in [0.2, 0.25) is 0 Å². The van der Waals surface area contributed by atoms with Crippen LogP contribution in [0.4, 0.5) is 0 Å². The third-order valence-corrected chi connectivity index (χ3v) is 5.87. The third-order valence-electron chi connectivity index (χ3n) is 5.87. The molecule has 4 unspecified atom stereocenters. The molecule has 0 spiro atoms. The molecule has 0 aliphatic heterocycles. The monoisotopic (exact) mass is 533 g/mol. The summed E-state index contributed by atoms with van der Waals surface area (Å²) in [6.07, 6.45) is 2.37. The number of carboxylic acids is 1. The molecular formula is C24H35N7O7. The zero-order chi connectivity index (χ0) is 28.2. The van der Waals surface area contributed by atoms with Crippen molar-refractivity contribution in [2.75, 3.05) is 13.2 Å². The van der Waals surface area contributed by atoms with Gasteiger partial charge in [-0.2, -0.15) is 0 Å². The second-order valence-corrected chi connectivity index (χ2v) is 8.83. The predicted molar refractivity (Wildman–Crippen MR) is 137 cm³/mol. The van der Waals surface area contributed by atoms with Gasteiger partial charge in [0.15, 0.2) is 0 Å². The topological polar surface area (TPSA) is 256 Å². The third kappa shape index (κ3) is 8.83. The van der Waals surface area contributed by atoms with Crippen LogP contribution in [-0.4, -0.2) is 82.1 Å². The number of carboxylic acid groups (broad SMARTS) is 1. The molecule has 2 rings (SSSR count). The quantitative estimate of drug-likeness (QED) is 0.104. The smallest absolute Gasteiger partial charge is 0.328 e. The van der Waals surface area contributed by atoms with Crippen LogP contribution in [0.25, 0.3) is 10.9 Å². The van der Waals surface area contributed by atoms with Crippen LogP contribution in [0.15, 0.2) is 30.5 Å². The molecule has 1 aromatic heterocycles. The number of aromatic amines is 1. The van der Waals surface area contributed by atoms with E-state index in [0.29, 0.717) is 24.9 Å². The predicted octanol–water partition coefficient (Wildman–Crippen LogP) is -2.43. The number of fused-ring (bicyclic) bond motifs is 1. The number of carbonyl (C=O) groups is 5. The lowest BCUT2D eigenvalue weighted by Crippen LogP contribution is -2.58. The summed E-state index contributed by atoms with van der Waals surface area (Å²) in [5, 5.41) is 26.5. The van der Waals surface area contributed by atoms with E-state index >= 15 is 0 Å². The van der Waals surface area contributed by atoms with E-state index in [1.807, 2.05) is 24.3 Å². The van der Waals surface area contributed by atoms with Crippen molar-refractivity contribution in [2.45, 2.75) is 56.3 Å². The van der Waals surface area contributed by atoms with Crippen LogP contribution in [0.3, 0.4) is 0 Å². The van der Waals surface area contributed by atoms with Gasteiger partial charge in [-0.3, -0.25) is 19.2 Å². The van der Waals surface area contributed by atoms with Crippen LogP contribution < -0.4 is 33.2 Å². The number of aliphatic hydroxyl groups is 1. The van der Waals surface area contributed by atoms with E-state index < -0.39 is 66.8 Å². The molecule has 38 heavy (non-hydrogen) atoms. The second-order valence-electron chi connectivity index (χ2n) is 8.83. The summed E-state index contributed by atoms with van der Waals surface area (Å²) >= 11 is 0. The molecule has 14 heteroatoms. The number of aromatic nitrogens is 1. The maximum atomic E-state index is 13.4. The molecule has 0 saturated heterocycles. The highest BCUT2D eigenvalue weighted by atomic mass is 16.4. The van der Waals surface area contributed by atoms with Crippen molar-refractivity contribution in [3.63, 3.8) is 0 Å². The molecule has 0 radical (unpaired) electrons. The number of aliphatic carboxylic acids is 1. The number of para-hydroxylation sites is 1. The number of aliphatic hydroxyl groups excluding tert-OH is 1. The molecule has 0 fully saturated rings. The average Bonchev–Trinajstić information content (AvgIpc) is 3.28. The molecule has 0 bridgehead atoms. The van der Waals surface area contributed by atoms with Crippen LogP contribution >= 0.6 is 0 Å². The molecule has 0 aliphatic carbocycles. The first-order valence-electron chi connectivity index (χ1n) is 12.1. The first kappa shape index (κ1) is 30.2. The summed E-state index contributed by atoms with van der Waals surface area (Å²) in [4.78, 5) is 64.4. The van der Waals surface area contributed by atoms with E-state index in [4.69, 9.17) is 22.3 Å². The van der Waals surface area contributed by atoms with Gasteiger partial charge < -0.3 is 48.3 Å². The largest absolute Gasteiger partial charge is 0.480 e. The second kappa shape index (κ2) is 14.7. The highest BCUT2D eigenvalue weighted by Gasteiger charge is 2.31. The van der Waals surface area contributed by atoms with Gasteiger partial charge in [0.1, 0.15) is 18.1 Å². The molecule has 4 amide bonds. The molecular weight excluding hydrogens is 498 g/mol. The van der Waals surface area contributed by atoms with Crippen molar-refractivity contribution in [3.8, 4) is 0 Å². The van der Waals surface area contributed by atoms with Crippen LogP contribution in [0.5, 0.6) is 0 Å².